The van der Waals surface area contributed by atoms with Gasteiger partial charge in [0.25, 0.3) is 0 Å². The number of aryl methyl sites for hydroxylation is 1. The third-order valence-corrected chi connectivity index (χ3v) is 2.43. The summed E-state index contributed by atoms with van der Waals surface area (Å²) in [5.41, 5.74) is 1.55. The van der Waals surface area contributed by atoms with Crippen LogP contribution < -0.4 is 0 Å². The summed E-state index contributed by atoms with van der Waals surface area (Å²) in [5.74, 6) is 1.11. The van der Waals surface area contributed by atoms with Gasteiger partial charge in [0, 0.05) is 6.42 Å². The minimum absolute atomic E-state index is 0.182. The lowest BCUT2D eigenvalue weighted by molar-refractivity contribution is 0.212. The molecule has 0 radical (unpaired) electrons. The zero-order chi connectivity index (χ0) is 12.7. The molecular weight excluding hydrogens is 208 g/mol. The molecule has 0 amide bonds. The van der Waals surface area contributed by atoms with E-state index in [0.29, 0.717) is 0 Å². The molecule has 0 aliphatic rings. The number of rotatable bonds is 5. The van der Waals surface area contributed by atoms with Crippen molar-refractivity contribution in [1.82, 2.24) is 0 Å². The number of benzene rings is 1. The van der Waals surface area contributed by atoms with E-state index in [2.05, 4.69) is 57.2 Å². The molecule has 1 heteroatoms. The smallest absolute Gasteiger partial charge is 0.0928 e. The minimum atomic E-state index is 0.182. The lowest BCUT2D eigenvalue weighted by Gasteiger charge is -2.16. The quantitative estimate of drug-likeness (QED) is 0.675. The van der Waals surface area contributed by atoms with Crippen molar-refractivity contribution in [2.45, 2.75) is 40.5 Å². The van der Waals surface area contributed by atoms with Crippen molar-refractivity contribution in [2.24, 2.45) is 5.41 Å². The number of hydrogen-bond donors (Lipinski definition) is 0. The fraction of sp³-hybridized carbons (Fsp3) is 0.500. The first kappa shape index (κ1) is 13.8. The Morgan fingerprint density at radius 2 is 1.82 bits per heavy atom. The first-order chi connectivity index (χ1) is 8.01. The Kier molecular flexibility index (Phi) is 5.27. The molecular formula is C16H24O. The van der Waals surface area contributed by atoms with E-state index >= 15 is 0 Å². The maximum absolute atomic E-state index is 5.70. The van der Waals surface area contributed by atoms with Crippen molar-refractivity contribution in [3.05, 3.63) is 47.7 Å². The van der Waals surface area contributed by atoms with Crippen LogP contribution in [-0.2, 0) is 11.2 Å². The number of ether oxygens (including phenoxy) is 1. The zero-order valence-corrected chi connectivity index (χ0v) is 11.5. The minimum Gasteiger partial charge on any atom is -0.499 e. The molecule has 0 aromatic heterocycles. The van der Waals surface area contributed by atoms with Crippen molar-refractivity contribution in [2.75, 3.05) is 6.61 Å². The molecule has 0 unspecified atom stereocenters. The van der Waals surface area contributed by atoms with Crippen LogP contribution in [0.5, 0.6) is 0 Å². The van der Waals surface area contributed by atoms with Gasteiger partial charge in [-0.25, -0.2) is 0 Å². The predicted octanol–water partition coefficient (Wildman–Crippen LogP) is 4.59. The summed E-state index contributed by atoms with van der Waals surface area (Å²) in [6, 6.07) is 10.6. The Hall–Kier alpha value is -1.24. The van der Waals surface area contributed by atoms with Gasteiger partial charge in [-0.3, -0.25) is 0 Å². The predicted molar refractivity (Wildman–Crippen MR) is 73.9 cm³/mol. The summed E-state index contributed by atoms with van der Waals surface area (Å²) >= 11 is 0. The zero-order valence-electron chi connectivity index (χ0n) is 11.5. The number of allylic oxidation sites excluding steroid dienone is 2. The normalized spacial score (nSPS) is 12.6. The third-order valence-electron chi connectivity index (χ3n) is 2.43. The highest BCUT2D eigenvalue weighted by molar-refractivity contribution is 5.16. The van der Waals surface area contributed by atoms with Gasteiger partial charge in [0.1, 0.15) is 0 Å². The average molecular weight is 232 g/mol. The second-order valence-corrected chi connectivity index (χ2v) is 5.40. The van der Waals surface area contributed by atoms with Gasteiger partial charge < -0.3 is 4.74 Å². The van der Waals surface area contributed by atoms with Crippen molar-refractivity contribution in [3.8, 4) is 0 Å². The van der Waals surface area contributed by atoms with Crippen LogP contribution in [0.25, 0.3) is 0 Å². The Bertz CT molecular complexity index is 344. The van der Waals surface area contributed by atoms with Gasteiger partial charge in [0.05, 0.1) is 12.4 Å². The molecule has 94 valence electrons. The van der Waals surface area contributed by atoms with Crippen molar-refractivity contribution < 1.29 is 4.74 Å². The molecule has 1 aromatic rings. The second kappa shape index (κ2) is 6.48. The van der Waals surface area contributed by atoms with Crippen LogP contribution in [0, 0.1) is 5.41 Å². The Morgan fingerprint density at radius 3 is 2.35 bits per heavy atom. The maximum Gasteiger partial charge on any atom is 0.0928 e. The van der Waals surface area contributed by atoms with Crippen molar-refractivity contribution in [1.29, 1.82) is 0 Å². The van der Waals surface area contributed by atoms with Crippen molar-refractivity contribution in [3.63, 3.8) is 0 Å². The molecule has 17 heavy (non-hydrogen) atoms. The molecule has 0 saturated carbocycles. The molecule has 0 fully saturated rings. The molecule has 1 aromatic carbocycles. The fourth-order valence-electron chi connectivity index (χ4n) is 1.77. The van der Waals surface area contributed by atoms with E-state index in [0.717, 1.165) is 25.2 Å². The van der Waals surface area contributed by atoms with Crippen LogP contribution in [0.15, 0.2) is 42.2 Å². The van der Waals surface area contributed by atoms with Crippen LogP contribution in [0.1, 0.15) is 39.7 Å². The third kappa shape index (κ3) is 6.15. The summed E-state index contributed by atoms with van der Waals surface area (Å²) < 4.78 is 5.70. The summed E-state index contributed by atoms with van der Waals surface area (Å²) in [6.07, 6.45) is 4.26. The van der Waals surface area contributed by atoms with Crippen LogP contribution in [0.4, 0.5) is 0 Å². The molecule has 0 saturated heterocycles. The molecule has 0 aliphatic heterocycles. The Balaban J connectivity index is 2.59. The van der Waals surface area contributed by atoms with E-state index in [1.165, 1.54) is 5.56 Å². The molecule has 1 nitrogen and oxygen atoms in total. The average Bonchev–Trinajstić information content (AvgIpc) is 2.26. The summed E-state index contributed by atoms with van der Waals surface area (Å²) in [5, 5.41) is 0. The maximum atomic E-state index is 5.70. The summed E-state index contributed by atoms with van der Waals surface area (Å²) in [6.45, 7) is 9.40. The van der Waals surface area contributed by atoms with Gasteiger partial charge in [-0.05, 0) is 30.4 Å². The largest absolute Gasteiger partial charge is 0.499 e. The molecule has 0 heterocycles. The van der Waals surface area contributed by atoms with Gasteiger partial charge >= 0.3 is 0 Å². The topological polar surface area (TPSA) is 9.23 Å². The van der Waals surface area contributed by atoms with E-state index in [-0.39, 0.29) is 5.41 Å². The lowest BCUT2D eigenvalue weighted by atomic mass is 9.94. The monoisotopic (exact) mass is 232 g/mol. The van der Waals surface area contributed by atoms with Crippen LogP contribution in [-0.4, -0.2) is 6.61 Å². The van der Waals surface area contributed by atoms with Gasteiger partial charge in [0.15, 0.2) is 0 Å². The molecule has 0 N–H and O–H groups in total. The standard InChI is InChI=1S/C16H24O/c1-5-17-15(13-16(2,3)4)12-11-14-9-7-6-8-10-14/h6-10,13H,5,11-12H2,1-4H3/b15-13+. The first-order valence-electron chi connectivity index (χ1n) is 6.40. The van der Waals surface area contributed by atoms with Crippen molar-refractivity contribution >= 4 is 0 Å². The molecule has 1 rings (SSSR count). The van der Waals surface area contributed by atoms with E-state index in [1.54, 1.807) is 0 Å². The molecule has 0 atom stereocenters. The van der Waals surface area contributed by atoms with Crippen LogP contribution in [0.3, 0.4) is 0 Å². The molecule has 0 spiro atoms. The molecule has 0 bridgehead atoms. The fourth-order valence-corrected chi connectivity index (χ4v) is 1.77. The second-order valence-electron chi connectivity index (χ2n) is 5.40. The van der Waals surface area contributed by atoms with Crippen LogP contribution >= 0.6 is 0 Å². The van der Waals surface area contributed by atoms with Gasteiger partial charge in [-0.1, -0.05) is 51.1 Å². The highest BCUT2D eigenvalue weighted by atomic mass is 16.5. The van der Waals surface area contributed by atoms with Gasteiger partial charge in [-0.15, -0.1) is 0 Å². The first-order valence-corrected chi connectivity index (χ1v) is 6.40. The summed E-state index contributed by atoms with van der Waals surface area (Å²) in [4.78, 5) is 0. The molecule has 0 aliphatic carbocycles. The number of hydrogen-bond acceptors (Lipinski definition) is 1. The SMILES string of the molecule is CCO/C(=C/C(C)(C)C)CCc1ccccc1. The van der Waals surface area contributed by atoms with E-state index in [9.17, 15) is 0 Å². The summed E-state index contributed by atoms with van der Waals surface area (Å²) in [7, 11) is 0. The van der Waals surface area contributed by atoms with Gasteiger partial charge in [0.2, 0.25) is 0 Å². The Morgan fingerprint density at radius 1 is 1.18 bits per heavy atom. The Labute approximate surface area is 106 Å². The highest BCUT2D eigenvalue weighted by Crippen LogP contribution is 2.21. The lowest BCUT2D eigenvalue weighted by Crippen LogP contribution is -2.04. The van der Waals surface area contributed by atoms with E-state index in [1.807, 2.05) is 6.92 Å². The van der Waals surface area contributed by atoms with E-state index < -0.39 is 0 Å². The van der Waals surface area contributed by atoms with Crippen LogP contribution in [0.2, 0.25) is 0 Å². The highest BCUT2D eigenvalue weighted by Gasteiger charge is 2.09. The van der Waals surface area contributed by atoms with Gasteiger partial charge in [-0.2, -0.15) is 0 Å². The van der Waals surface area contributed by atoms with E-state index in [4.69, 9.17) is 4.74 Å².